The summed E-state index contributed by atoms with van der Waals surface area (Å²) < 4.78 is 16.9. The van der Waals surface area contributed by atoms with Gasteiger partial charge >= 0.3 is 6.09 Å². The van der Waals surface area contributed by atoms with E-state index in [0.717, 1.165) is 48.1 Å². The zero-order valence-corrected chi connectivity index (χ0v) is 21.7. The van der Waals surface area contributed by atoms with Crippen molar-refractivity contribution in [1.29, 1.82) is 0 Å². The molecule has 1 aromatic heterocycles. The average molecular weight is 493 g/mol. The number of rotatable bonds is 8. The third kappa shape index (κ3) is 6.67. The molecule has 1 saturated carbocycles. The Labute approximate surface area is 213 Å². The van der Waals surface area contributed by atoms with Gasteiger partial charge in [-0.05, 0) is 89.1 Å². The molecule has 0 bridgehead atoms. The largest absolute Gasteiger partial charge is 0.467 e. The molecule has 2 heterocycles. The van der Waals surface area contributed by atoms with Crippen molar-refractivity contribution in [3.63, 3.8) is 0 Å². The van der Waals surface area contributed by atoms with Crippen LogP contribution in [0.15, 0.2) is 24.3 Å². The minimum Gasteiger partial charge on any atom is -0.467 e. The molecule has 0 unspecified atom stereocenters. The second-order valence-corrected chi connectivity index (χ2v) is 10.3. The van der Waals surface area contributed by atoms with Gasteiger partial charge in [0.1, 0.15) is 22.9 Å². The zero-order valence-electron chi connectivity index (χ0n) is 21.7. The van der Waals surface area contributed by atoms with Crippen molar-refractivity contribution in [3.05, 3.63) is 35.4 Å². The number of aromatic nitrogens is 2. The van der Waals surface area contributed by atoms with E-state index < -0.39 is 5.60 Å². The first kappa shape index (κ1) is 25.8. The van der Waals surface area contributed by atoms with Gasteiger partial charge < -0.3 is 24.4 Å². The van der Waals surface area contributed by atoms with Gasteiger partial charge in [-0.3, -0.25) is 0 Å². The van der Waals surface area contributed by atoms with E-state index in [4.69, 9.17) is 20.6 Å². The van der Waals surface area contributed by atoms with Crippen LogP contribution in [0.3, 0.4) is 0 Å². The number of carbonyl (C=O) groups excluding carboxylic acids is 1. The first-order valence-corrected chi connectivity index (χ1v) is 12.7. The SMILES string of the molecule is C#Cc1ccc(-c2nnc(N[C@@H]3CCCN(C(=O)OC(C)(C)C)C3)cc2C2CC2)c(OCOCC)c1. The molecule has 0 spiro atoms. The summed E-state index contributed by atoms with van der Waals surface area (Å²) in [5.74, 6) is 4.45. The van der Waals surface area contributed by atoms with Gasteiger partial charge in [-0.25, -0.2) is 4.79 Å². The number of nitrogens with zero attached hydrogens (tertiary/aromatic N) is 3. The van der Waals surface area contributed by atoms with Crippen LogP contribution in [0.25, 0.3) is 11.3 Å². The predicted molar refractivity (Wildman–Crippen MR) is 139 cm³/mol. The van der Waals surface area contributed by atoms with Crippen LogP contribution in [0.1, 0.15) is 70.4 Å². The lowest BCUT2D eigenvalue weighted by Gasteiger charge is -2.34. The lowest BCUT2D eigenvalue weighted by molar-refractivity contribution is 0.0205. The number of terminal acetylenes is 1. The molecule has 8 heteroatoms. The second-order valence-electron chi connectivity index (χ2n) is 10.3. The van der Waals surface area contributed by atoms with Crippen LogP contribution in [0, 0.1) is 12.3 Å². The number of hydrogen-bond donors (Lipinski definition) is 1. The van der Waals surface area contributed by atoms with E-state index in [1.807, 2.05) is 45.9 Å². The topological polar surface area (TPSA) is 85.8 Å². The maximum atomic E-state index is 12.6. The van der Waals surface area contributed by atoms with Gasteiger partial charge in [0, 0.05) is 36.9 Å². The van der Waals surface area contributed by atoms with Gasteiger partial charge in [0.15, 0.2) is 6.79 Å². The second kappa shape index (κ2) is 11.2. The number of ether oxygens (including phenoxy) is 3. The Hall–Kier alpha value is -3.31. The molecule has 1 amide bonds. The standard InChI is InChI=1S/C28H36N4O4/c1-6-19-10-13-22(24(15-19)35-18-34-7-2)26-23(20-11-12-20)16-25(30-31-26)29-21-9-8-14-32(17-21)27(33)36-28(3,4)5/h1,10,13,15-16,20-21H,7-9,11-12,14,17-18H2,2-5H3,(H,29,30)/t21-/m1/s1. The quantitative estimate of drug-likeness (QED) is 0.308. The van der Waals surface area contributed by atoms with Crippen molar-refractivity contribution in [1.82, 2.24) is 15.1 Å². The number of hydrogen-bond acceptors (Lipinski definition) is 7. The minimum absolute atomic E-state index is 0.0819. The molecule has 8 nitrogen and oxygen atoms in total. The average Bonchev–Trinajstić information content (AvgIpc) is 3.69. The van der Waals surface area contributed by atoms with E-state index in [9.17, 15) is 4.79 Å². The Kier molecular flexibility index (Phi) is 8.00. The normalized spacial score (nSPS) is 17.9. The maximum absolute atomic E-state index is 12.6. The van der Waals surface area contributed by atoms with Crippen LogP contribution in [0.4, 0.5) is 10.6 Å². The summed E-state index contributed by atoms with van der Waals surface area (Å²) in [5.41, 5.74) is 3.01. The smallest absolute Gasteiger partial charge is 0.410 e. The summed E-state index contributed by atoms with van der Waals surface area (Å²) in [7, 11) is 0. The van der Waals surface area contributed by atoms with Crippen LogP contribution >= 0.6 is 0 Å². The molecule has 0 radical (unpaired) electrons. The number of amides is 1. The number of likely N-dealkylation sites (tertiary alicyclic amines) is 1. The van der Waals surface area contributed by atoms with Crippen LogP contribution < -0.4 is 10.1 Å². The predicted octanol–water partition coefficient (Wildman–Crippen LogP) is 5.19. The van der Waals surface area contributed by atoms with Crippen LogP contribution in [-0.4, -0.2) is 59.3 Å². The highest BCUT2D eigenvalue weighted by molar-refractivity contribution is 5.73. The lowest BCUT2D eigenvalue weighted by Crippen LogP contribution is -2.47. The fourth-order valence-corrected chi connectivity index (χ4v) is 4.30. The van der Waals surface area contributed by atoms with E-state index in [2.05, 4.69) is 27.5 Å². The molecule has 1 aliphatic carbocycles. The van der Waals surface area contributed by atoms with Crippen molar-refractivity contribution in [2.24, 2.45) is 0 Å². The molecular weight excluding hydrogens is 456 g/mol. The first-order valence-electron chi connectivity index (χ1n) is 12.7. The van der Waals surface area contributed by atoms with Crippen molar-refractivity contribution in [2.75, 3.05) is 31.8 Å². The number of piperidine rings is 1. The number of carbonyl (C=O) groups is 1. The number of benzene rings is 1. The first-order chi connectivity index (χ1) is 17.3. The molecule has 2 aliphatic rings. The molecule has 192 valence electrons. The number of anilines is 1. The Morgan fingerprint density at radius 1 is 1.22 bits per heavy atom. The Morgan fingerprint density at radius 2 is 2.03 bits per heavy atom. The van der Waals surface area contributed by atoms with Crippen LogP contribution in [0.2, 0.25) is 0 Å². The fourth-order valence-electron chi connectivity index (χ4n) is 4.30. The highest BCUT2D eigenvalue weighted by Gasteiger charge is 2.31. The molecule has 1 atom stereocenters. The van der Waals surface area contributed by atoms with E-state index in [1.165, 1.54) is 0 Å². The van der Waals surface area contributed by atoms with Crippen molar-refractivity contribution < 1.29 is 19.0 Å². The Bertz CT molecular complexity index is 1120. The fraction of sp³-hybridized carbons (Fsp3) is 0.536. The Morgan fingerprint density at radius 3 is 2.72 bits per heavy atom. The minimum atomic E-state index is -0.512. The zero-order chi connectivity index (χ0) is 25.7. The van der Waals surface area contributed by atoms with E-state index >= 15 is 0 Å². The summed E-state index contributed by atoms with van der Waals surface area (Å²) in [6.45, 7) is 9.54. The van der Waals surface area contributed by atoms with Gasteiger partial charge in [0.2, 0.25) is 0 Å². The van der Waals surface area contributed by atoms with Gasteiger partial charge in [0.05, 0.1) is 0 Å². The van der Waals surface area contributed by atoms with Crippen molar-refractivity contribution in [3.8, 4) is 29.4 Å². The van der Waals surface area contributed by atoms with Gasteiger partial charge in [-0.15, -0.1) is 16.6 Å². The van der Waals surface area contributed by atoms with Gasteiger partial charge in [0.25, 0.3) is 0 Å². The maximum Gasteiger partial charge on any atom is 0.410 e. The molecule has 1 N–H and O–H groups in total. The van der Waals surface area contributed by atoms with E-state index in [1.54, 1.807) is 4.90 Å². The summed E-state index contributed by atoms with van der Waals surface area (Å²) in [6, 6.07) is 7.85. The molecule has 1 aliphatic heterocycles. The third-order valence-corrected chi connectivity index (χ3v) is 6.17. The van der Waals surface area contributed by atoms with E-state index in [0.29, 0.717) is 37.2 Å². The lowest BCUT2D eigenvalue weighted by atomic mass is 10.0. The number of nitrogens with one attached hydrogen (secondary N) is 1. The summed E-state index contributed by atoms with van der Waals surface area (Å²) in [5, 5.41) is 12.6. The van der Waals surface area contributed by atoms with Crippen LogP contribution in [0.5, 0.6) is 5.75 Å². The summed E-state index contributed by atoms with van der Waals surface area (Å²) in [6.07, 6.45) is 9.42. The van der Waals surface area contributed by atoms with Crippen LogP contribution in [-0.2, 0) is 9.47 Å². The molecule has 2 aromatic rings. The van der Waals surface area contributed by atoms with E-state index in [-0.39, 0.29) is 18.9 Å². The van der Waals surface area contributed by atoms with Gasteiger partial charge in [-0.2, -0.15) is 0 Å². The van der Waals surface area contributed by atoms with Gasteiger partial charge in [-0.1, -0.05) is 5.92 Å². The molecule has 1 saturated heterocycles. The highest BCUT2D eigenvalue weighted by Crippen LogP contribution is 2.46. The highest BCUT2D eigenvalue weighted by atomic mass is 16.7. The molecule has 36 heavy (non-hydrogen) atoms. The van der Waals surface area contributed by atoms with Crippen molar-refractivity contribution in [2.45, 2.75) is 70.9 Å². The Balaban J connectivity index is 1.54. The third-order valence-electron chi connectivity index (χ3n) is 6.17. The molecule has 4 rings (SSSR count). The summed E-state index contributed by atoms with van der Waals surface area (Å²) in [4.78, 5) is 14.3. The molecular formula is C28H36N4O4. The monoisotopic (exact) mass is 492 g/mol. The molecule has 2 fully saturated rings. The van der Waals surface area contributed by atoms with Crippen molar-refractivity contribution >= 4 is 11.9 Å². The molecule has 1 aromatic carbocycles. The summed E-state index contributed by atoms with van der Waals surface area (Å²) >= 11 is 0.